The molecule has 1 aromatic carbocycles. The lowest BCUT2D eigenvalue weighted by Gasteiger charge is -2.27. The molecule has 0 aliphatic rings. The number of halogens is 7. The number of carbonyl (C=O) groups excluding carboxylic acids is 1. The summed E-state index contributed by atoms with van der Waals surface area (Å²) >= 11 is 0. The first kappa shape index (κ1) is 22.2. The van der Waals surface area contributed by atoms with Crippen molar-refractivity contribution in [1.29, 1.82) is 0 Å². The molecule has 11 heteroatoms. The highest BCUT2D eigenvalue weighted by Crippen LogP contribution is 2.46. The third kappa shape index (κ3) is 4.85. The van der Waals surface area contributed by atoms with E-state index in [9.17, 15) is 35.5 Å². The van der Waals surface area contributed by atoms with Crippen LogP contribution >= 0.6 is 0 Å². The number of alkyl halides is 7. The molecule has 0 aromatic heterocycles. The number of hydrogen-bond donors (Lipinski definition) is 1. The second-order valence-electron chi connectivity index (χ2n) is 5.93. The van der Waals surface area contributed by atoms with Crippen LogP contribution in [0.25, 0.3) is 0 Å². The summed E-state index contributed by atoms with van der Waals surface area (Å²) in [6, 6.07) is 6.26. The van der Waals surface area contributed by atoms with Crippen molar-refractivity contribution in [3.8, 4) is 0 Å². The summed E-state index contributed by atoms with van der Waals surface area (Å²) in [5, 5.41) is 2.94. The van der Waals surface area contributed by atoms with Gasteiger partial charge in [-0.15, -0.1) is 6.58 Å². The van der Waals surface area contributed by atoms with Crippen molar-refractivity contribution in [3.63, 3.8) is 0 Å². The second-order valence-corrected chi connectivity index (χ2v) is 10.4. The highest BCUT2D eigenvalue weighted by molar-refractivity contribution is 6.93. The lowest BCUT2D eigenvalue weighted by atomic mass is 10.3. The predicted octanol–water partition coefficient (Wildman–Crippen LogP) is 4.07. The summed E-state index contributed by atoms with van der Waals surface area (Å²) in [6.07, 6.45) is -12.4. The molecular formula is C15H16F7NO2Si. The number of nitrogens with one attached hydrogen (secondary N) is 1. The van der Waals surface area contributed by atoms with Crippen molar-refractivity contribution in [2.24, 2.45) is 0 Å². The van der Waals surface area contributed by atoms with Gasteiger partial charge in [0.1, 0.15) is 14.7 Å². The van der Waals surface area contributed by atoms with Gasteiger partial charge < -0.3 is 10.1 Å². The van der Waals surface area contributed by atoms with Crippen molar-refractivity contribution in [3.05, 3.63) is 36.5 Å². The molecule has 0 atom stereocenters. The number of hydrogen-bond acceptors (Lipinski definition) is 2. The maximum atomic E-state index is 13.0. The Morgan fingerprint density at radius 1 is 1.19 bits per heavy atom. The lowest BCUT2D eigenvalue weighted by molar-refractivity contribution is -0.421. The monoisotopic (exact) mass is 403 g/mol. The van der Waals surface area contributed by atoms with Gasteiger partial charge in [-0.1, -0.05) is 36.1 Å². The summed E-state index contributed by atoms with van der Waals surface area (Å²) in [7, 11) is -1.99. The van der Waals surface area contributed by atoms with E-state index < -0.39 is 38.8 Å². The van der Waals surface area contributed by atoms with Crippen LogP contribution in [-0.4, -0.2) is 38.8 Å². The molecule has 0 bridgehead atoms. The normalized spacial score (nSPS) is 13.4. The fourth-order valence-electron chi connectivity index (χ4n) is 1.72. The van der Waals surface area contributed by atoms with Crippen LogP contribution in [0.4, 0.5) is 36.4 Å². The maximum absolute atomic E-state index is 13.0. The van der Waals surface area contributed by atoms with Crippen LogP contribution in [0.5, 0.6) is 0 Å². The zero-order chi connectivity index (χ0) is 20.4. The van der Waals surface area contributed by atoms with Gasteiger partial charge in [0.05, 0.1) is 0 Å². The van der Waals surface area contributed by atoms with Crippen molar-refractivity contribution in [2.45, 2.75) is 31.3 Å². The Kier molecular flexibility index (Phi) is 6.30. The number of ether oxygens (including phenoxy) is 1. The van der Waals surface area contributed by atoms with E-state index in [4.69, 9.17) is 0 Å². The minimum atomic E-state index is -6.53. The molecule has 0 aliphatic heterocycles. The summed E-state index contributed by atoms with van der Waals surface area (Å²) in [4.78, 5) is 11.6. The van der Waals surface area contributed by atoms with E-state index in [0.29, 0.717) is 0 Å². The summed E-state index contributed by atoms with van der Waals surface area (Å²) in [5.41, 5.74) is 1.92. The molecule has 0 fully saturated rings. The van der Waals surface area contributed by atoms with E-state index in [1.807, 2.05) is 13.1 Å². The fourth-order valence-corrected chi connectivity index (χ4v) is 3.01. The van der Waals surface area contributed by atoms with E-state index in [1.165, 1.54) is 12.1 Å². The number of anilines is 1. The van der Waals surface area contributed by atoms with Gasteiger partial charge in [0.2, 0.25) is 0 Å². The third-order valence-electron chi connectivity index (χ3n) is 3.51. The zero-order valence-electron chi connectivity index (χ0n) is 13.8. The molecule has 146 valence electrons. The molecule has 1 amide bonds. The summed E-state index contributed by atoms with van der Waals surface area (Å²) < 4.78 is 90.5. The minimum Gasteiger partial charge on any atom is -0.324 e. The van der Waals surface area contributed by atoms with Gasteiger partial charge in [0, 0.05) is 5.69 Å². The summed E-state index contributed by atoms with van der Waals surface area (Å²) in [5.74, 6) is -7.74. The molecular weight excluding hydrogens is 387 g/mol. The van der Waals surface area contributed by atoms with Crippen molar-refractivity contribution in [1.82, 2.24) is 0 Å². The molecule has 0 unspecified atom stereocenters. The average molecular weight is 403 g/mol. The molecule has 0 radical (unpaired) electrons. The van der Waals surface area contributed by atoms with Gasteiger partial charge in [-0.2, -0.15) is 30.7 Å². The highest BCUT2D eigenvalue weighted by atomic mass is 28.3. The Morgan fingerprint density at radius 3 is 2.27 bits per heavy atom. The second kappa shape index (κ2) is 7.39. The molecule has 1 N–H and O–H groups in total. The molecule has 3 nitrogen and oxygen atoms in total. The van der Waals surface area contributed by atoms with Crippen molar-refractivity contribution >= 4 is 24.9 Å². The molecule has 0 aliphatic carbocycles. The van der Waals surface area contributed by atoms with E-state index >= 15 is 0 Å². The van der Waals surface area contributed by atoms with Crippen molar-refractivity contribution in [2.75, 3.05) is 11.9 Å². The topological polar surface area (TPSA) is 38.3 Å². The summed E-state index contributed by atoms with van der Waals surface area (Å²) in [6.45, 7) is 5.91. The molecule has 0 heterocycles. The average Bonchev–Trinajstić information content (AvgIpc) is 2.52. The molecule has 1 rings (SSSR count). The van der Waals surface area contributed by atoms with E-state index in [0.717, 1.165) is 5.19 Å². The Hall–Kier alpha value is -1.88. The van der Waals surface area contributed by atoms with Crippen LogP contribution in [0.15, 0.2) is 36.5 Å². The van der Waals surface area contributed by atoms with Gasteiger partial charge in [0.15, 0.2) is 0 Å². The van der Waals surface area contributed by atoms with E-state index in [1.54, 1.807) is 17.8 Å². The number of rotatable bonds is 7. The van der Waals surface area contributed by atoms with Gasteiger partial charge >= 0.3 is 18.2 Å². The van der Waals surface area contributed by atoms with Crippen LogP contribution in [0, 0.1) is 0 Å². The SMILES string of the molecule is C=C[Si](C)(C)c1cccc(NC(=O)COC(F)(F)C(F)(F)C(F)(F)F)c1. The van der Waals surface area contributed by atoms with Crippen LogP contribution < -0.4 is 10.5 Å². The van der Waals surface area contributed by atoms with Gasteiger partial charge in [-0.05, 0) is 12.1 Å². The molecule has 0 saturated heterocycles. The highest BCUT2D eigenvalue weighted by Gasteiger charge is 2.74. The zero-order valence-corrected chi connectivity index (χ0v) is 14.8. The molecule has 0 saturated carbocycles. The van der Waals surface area contributed by atoms with Gasteiger partial charge in [-0.25, -0.2) is 0 Å². The molecule has 1 aromatic rings. The Balaban J connectivity index is 2.80. The standard InChI is InChI=1S/C15H16F7NO2Si/c1-4-26(2,3)11-7-5-6-10(8-11)23-12(24)9-25-15(21,22)13(16,17)14(18,19)20/h4-8H,1,9H2,2-3H3,(H,23,24). The smallest absolute Gasteiger partial charge is 0.324 e. The number of benzene rings is 1. The Labute approximate surface area is 145 Å². The fraction of sp³-hybridized carbons (Fsp3) is 0.400. The first-order valence-electron chi connectivity index (χ1n) is 7.14. The minimum absolute atomic E-state index is 0.157. The van der Waals surface area contributed by atoms with E-state index in [-0.39, 0.29) is 5.69 Å². The first-order valence-corrected chi connectivity index (χ1v) is 10.2. The number of carbonyl (C=O) groups is 1. The van der Waals surface area contributed by atoms with Crippen molar-refractivity contribution < 1.29 is 40.3 Å². The number of amides is 1. The van der Waals surface area contributed by atoms with Crippen LogP contribution in [0.2, 0.25) is 13.1 Å². The molecule has 26 heavy (non-hydrogen) atoms. The van der Waals surface area contributed by atoms with Crippen LogP contribution in [0.3, 0.4) is 0 Å². The van der Waals surface area contributed by atoms with Crippen LogP contribution in [0.1, 0.15) is 0 Å². The van der Waals surface area contributed by atoms with Gasteiger partial charge in [0.25, 0.3) is 5.91 Å². The Bertz CT molecular complexity index is 674. The molecule has 0 spiro atoms. The Morgan fingerprint density at radius 2 is 1.77 bits per heavy atom. The van der Waals surface area contributed by atoms with Crippen LogP contribution in [-0.2, 0) is 9.53 Å². The van der Waals surface area contributed by atoms with Gasteiger partial charge in [-0.3, -0.25) is 4.79 Å². The quantitative estimate of drug-likeness (QED) is 0.551. The lowest BCUT2D eigenvalue weighted by Crippen LogP contribution is -2.54. The predicted molar refractivity (Wildman–Crippen MR) is 84.3 cm³/mol. The largest absolute Gasteiger partial charge is 0.462 e. The third-order valence-corrected chi connectivity index (χ3v) is 6.33. The first-order chi connectivity index (χ1) is 11.6. The maximum Gasteiger partial charge on any atom is 0.462 e. The van der Waals surface area contributed by atoms with E-state index in [2.05, 4.69) is 16.6 Å².